The lowest BCUT2D eigenvalue weighted by Crippen LogP contribution is -2.49. The molecule has 1 aliphatic carbocycles. The predicted octanol–water partition coefficient (Wildman–Crippen LogP) is 0.187. The van der Waals surface area contributed by atoms with E-state index in [9.17, 15) is 9.59 Å². The van der Waals surface area contributed by atoms with Crippen LogP contribution in [0.2, 0.25) is 0 Å². The summed E-state index contributed by atoms with van der Waals surface area (Å²) in [6, 6.07) is 0.384. The van der Waals surface area contributed by atoms with Crippen LogP contribution in [0.3, 0.4) is 0 Å². The van der Waals surface area contributed by atoms with Crippen LogP contribution in [0.15, 0.2) is 0 Å². The van der Waals surface area contributed by atoms with E-state index in [0.717, 1.165) is 19.1 Å². The van der Waals surface area contributed by atoms with Crippen LogP contribution in [0.25, 0.3) is 0 Å². The summed E-state index contributed by atoms with van der Waals surface area (Å²) in [5.74, 6) is 0.187. The normalized spacial score (nSPS) is 24.9. The van der Waals surface area contributed by atoms with Crippen LogP contribution in [0.1, 0.15) is 25.7 Å². The second-order valence-electron chi connectivity index (χ2n) is 3.65. The molecule has 4 nitrogen and oxygen atoms in total. The molecule has 0 radical (unpaired) electrons. The molecule has 0 N–H and O–H groups in total. The van der Waals surface area contributed by atoms with Crippen LogP contribution in [-0.2, 0) is 9.59 Å². The molecule has 1 aliphatic heterocycles. The van der Waals surface area contributed by atoms with E-state index >= 15 is 0 Å². The number of hydrazine groups is 1. The molecule has 0 unspecified atom stereocenters. The highest BCUT2D eigenvalue weighted by Gasteiger charge is 2.36. The second-order valence-corrected chi connectivity index (χ2v) is 3.65. The first-order valence-corrected chi connectivity index (χ1v) is 4.83. The summed E-state index contributed by atoms with van der Waals surface area (Å²) in [5, 5.41) is 3.68. The fourth-order valence-corrected chi connectivity index (χ4v) is 1.94. The Hall–Kier alpha value is -0.900. The first-order valence-electron chi connectivity index (χ1n) is 4.83. The average molecular weight is 182 g/mol. The zero-order valence-corrected chi connectivity index (χ0v) is 7.61. The quantitative estimate of drug-likeness (QED) is 0.585. The van der Waals surface area contributed by atoms with Crippen molar-refractivity contribution in [1.29, 1.82) is 0 Å². The Balaban J connectivity index is 2.01. The maximum Gasteiger partial charge on any atom is 0.238 e. The lowest BCUT2D eigenvalue weighted by Gasteiger charge is -2.39. The summed E-state index contributed by atoms with van der Waals surface area (Å²) >= 11 is 0. The van der Waals surface area contributed by atoms with Crippen molar-refractivity contribution < 1.29 is 9.59 Å². The Morgan fingerprint density at radius 2 is 2.23 bits per heavy atom. The zero-order chi connectivity index (χ0) is 9.26. The number of amides is 1. The van der Waals surface area contributed by atoms with Crippen LogP contribution in [0, 0.1) is 0 Å². The number of hydrogen-bond donors (Lipinski definition) is 0. The Kier molecular flexibility index (Phi) is 2.31. The molecule has 2 rings (SSSR count). The van der Waals surface area contributed by atoms with Crippen LogP contribution < -0.4 is 0 Å². The fraction of sp³-hybridized carbons (Fsp3) is 0.778. The van der Waals surface area contributed by atoms with E-state index in [1.54, 1.807) is 5.01 Å². The molecule has 0 aromatic heterocycles. The molecule has 2 fully saturated rings. The number of carbonyl (C=O) groups is 2. The molecule has 0 aromatic carbocycles. The topological polar surface area (TPSA) is 40.6 Å². The van der Waals surface area contributed by atoms with Crippen molar-refractivity contribution in [2.24, 2.45) is 0 Å². The lowest BCUT2D eigenvalue weighted by atomic mass is 9.92. The molecule has 0 spiro atoms. The van der Waals surface area contributed by atoms with E-state index in [1.165, 1.54) is 6.42 Å². The lowest BCUT2D eigenvalue weighted by molar-refractivity contribution is -0.147. The third-order valence-corrected chi connectivity index (χ3v) is 2.85. The molecular formula is C9H14N2O2. The SMILES string of the molecule is O=CCN1CCC(=O)N1C1CCC1. The monoisotopic (exact) mass is 182 g/mol. The second kappa shape index (κ2) is 3.46. The van der Waals surface area contributed by atoms with Crippen molar-refractivity contribution in [3.8, 4) is 0 Å². The summed E-state index contributed by atoms with van der Waals surface area (Å²) in [6.45, 7) is 1.08. The molecule has 72 valence electrons. The van der Waals surface area contributed by atoms with Crippen LogP contribution in [0.5, 0.6) is 0 Å². The minimum atomic E-state index is 0.187. The Morgan fingerprint density at radius 3 is 2.77 bits per heavy atom. The van der Waals surface area contributed by atoms with Crippen molar-refractivity contribution in [2.45, 2.75) is 31.7 Å². The summed E-state index contributed by atoms with van der Waals surface area (Å²) in [4.78, 5) is 21.8. The van der Waals surface area contributed by atoms with Gasteiger partial charge in [0.15, 0.2) is 0 Å². The highest BCUT2D eigenvalue weighted by Crippen LogP contribution is 2.29. The Morgan fingerprint density at radius 1 is 1.46 bits per heavy atom. The molecule has 0 atom stereocenters. The van der Waals surface area contributed by atoms with Gasteiger partial charge in [-0.3, -0.25) is 9.80 Å². The number of hydrogen-bond acceptors (Lipinski definition) is 3. The summed E-state index contributed by atoms with van der Waals surface area (Å²) in [7, 11) is 0. The molecule has 0 bridgehead atoms. The zero-order valence-electron chi connectivity index (χ0n) is 7.61. The standard InChI is InChI=1S/C9H14N2O2/c12-7-6-10-5-4-9(13)11(10)8-2-1-3-8/h7-8H,1-6H2. The smallest absolute Gasteiger partial charge is 0.238 e. The van der Waals surface area contributed by atoms with Gasteiger partial charge in [-0.1, -0.05) is 0 Å². The van der Waals surface area contributed by atoms with Crippen molar-refractivity contribution in [3.05, 3.63) is 0 Å². The minimum Gasteiger partial charge on any atom is -0.302 e. The van der Waals surface area contributed by atoms with Gasteiger partial charge in [-0.2, -0.15) is 0 Å². The average Bonchev–Trinajstić information content (AvgIpc) is 2.34. The van der Waals surface area contributed by atoms with Gasteiger partial charge in [-0.25, -0.2) is 5.01 Å². The highest BCUT2D eigenvalue weighted by atomic mass is 16.2. The van der Waals surface area contributed by atoms with Gasteiger partial charge in [-0.15, -0.1) is 0 Å². The van der Waals surface area contributed by atoms with E-state index in [0.29, 0.717) is 25.6 Å². The van der Waals surface area contributed by atoms with Crippen molar-refractivity contribution in [3.63, 3.8) is 0 Å². The van der Waals surface area contributed by atoms with Crippen LogP contribution in [-0.4, -0.2) is 41.3 Å². The van der Waals surface area contributed by atoms with E-state index in [4.69, 9.17) is 0 Å². The van der Waals surface area contributed by atoms with Gasteiger partial charge in [0.05, 0.1) is 6.54 Å². The van der Waals surface area contributed by atoms with E-state index in [-0.39, 0.29) is 5.91 Å². The molecule has 2 aliphatic rings. The predicted molar refractivity (Wildman–Crippen MR) is 46.7 cm³/mol. The maximum atomic E-state index is 11.5. The number of nitrogens with zero attached hydrogens (tertiary/aromatic N) is 2. The third kappa shape index (κ3) is 1.46. The van der Waals surface area contributed by atoms with Gasteiger partial charge in [0, 0.05) is 19.0 Å². The van der Waals surface area contributed by atoms with Gasteiger partial charge < -0.3 is 4.79 Å². The number of carbonyl (C=O) groups excluding carboxylic acids is 2. The molecule has 0 aromatic rings. The van der Waals surface area contributed by atoms with E-state index in [2.05, 4.69) is 0 Å². The van der Waals surface area contributed by atoms with E-state index in [1.807, 2.05) is 5.01 Å². The molecular weight excluding hydrogens is 168 g/mol. The summed E-state index contributed by atoms with van der Waals surface area (Å²) in [5.41, 5.74) is 0. The first-order chi connectivity index (χ1) is 6.33. The van der Waals surface area contributed by atoms with Crippen molar-refractivity contribution in [2.75, 3.05) is 13.1 Å². The Bertz CT molecular complexity index is 226. The van der Waals surface area contributed by atoms with Crippen LogP contribution >= 0.6 is 0 Å². The Labute approximate surface area is 77.5 Å². The fourth-order valence-electron chi connectivity index (χ4n) is 1.94. The molecule has 1 saturated heterocycles. The highest BCUT2D eigenvalue weighted by molar-refractivity contribution is 5.78. The molecule has 1 saturated carbocycles. The summed E-state index contributed by atoms with van der Waals surface area (Å²) in [6.07, 6.45) is 4.85. The minimum absolute atomic E-state index is 0.187. The van der Waals surface area contributed by atoms with Gasteiger partial charge in [0.1, 0.15) is 6.29 Å². The van der Waals surface area contributed by atoms with Gasteiger partial charge >= 0.3 is 0 Å². The number of rotatable bonds is 3. The van der Waals surface area contributed by atoms with Crippen LogP contribution in [0.4, 0.5) is 0 Å². The van der Waals surface area contributed by atoms with Gasteiger partial charge in [0.2, 0.25) is 5.91 Å². The van der Waals surface area contributed by atoms with Crippen molar-refractivity contribution in [1.82, 2.24) is 10.0 Å². The third-order valence-electron chi connectivity index (χ3n) is 2.85. The molecule has 13 heavy (non-hydrogen) atoms. The number of aldehydes is 1. The van der Waals surface area contributed by atoms with Gasteiger partial charge in [0.25, 0.3) is 0 Å². The molecule has 1 amide bonds. The first kappa shape index (κ1) is 8.69. The molecule has 4 heteroatoms. The summed E-state index contributed by atoms with van der Waals surface area (Å²) < 4.78 is 0. The largest absolute Gasteiger partial charge is 0.302 e. The van der Waals surface area contributed by atoms with E-state index < -0.39 is 0 Å². The van der Waals surface area contributed by atoms with Crippen molar-refractivity contribution >= 4 is 12.2 Å². The molecule has 1 heterocycles. The van der Waals surface area contributed by atoms with Gasteiger partial charge in [-0.05, 0) is 19.3 Å². The maximum absolute atomic E-state index is 11.5.